The standard InChI is InChI=1S/C17H17N3O4S2/c18-14(15(21)22)11-25-26-17(24)20(13-9-5-2-6-10-13)16(23)19-12-7-3-1-4-8-12/h1-10,14H,11,18H2,(H,19,23)(H,21,22). The fourth-order valence-corrected chi connectivity index (χ4v) is 3.74. The highest BCUT2D eigenvalue weighted by Gasteiger charge is 2.25. The molecule has 2 aromatic rings. The Kier molecular flexibility index (Phi) is 7.52. The second-order valence-corrected chi connectivity index (χ2v) is 7.34. The first-order valence-corrected chi connectivity index (χ1v) is 9.84. The van der Waals surface area contributed by atoms with Gasteiger partial charge in [0.15, 0.2) is 0 Å². The summed E-state index contributed by atoms with van der Waals surface area (Å²) < 4.78 is 0. The number of imide groups is 1. The van der Waals surface area contributed by atoms with Gasteiger partial charge >= 0.3 is 17.2 Å². The van der Waals surface area contributed by atoms with Crippen LogP contribution >= 0.6 is 21.6 Å². The molecule has 0 saturated carbocycles. The normalized spacial score (nSPS) is 11.4. The number of urea groups is 1. The lowest BCUT2D eigenvalue weighted by molar-refractivity contribution is -0.137. The number of nitrogens with zero attached hydrogens (tertiary/aromatic N) is 1. The van der Waals surface area contributed by atoms with Gasteiger partial charge in [-0.2, -0.15) is 0 Å². The van der Waals surface area contributed by atoms with Gasteiger partial charge in [0.2, 0.25) is 0 Å². The number of anilines is 2. The number of carbonyl (C=O) groups is 3. The Hall–Kier alpha value is -2.49. The Labute approximate surface area is 158 Å². The Morgan fingerprint density at radius 2 is 1.62 bits per heavy atom. The summed E-state index contributed by atoms with van der Waals surface area (Å²) in [5.74, 6) is -1.11. The monoisotopic (exact) mass is 391 g/mol. The number of carboxylic acids is 1. The number of carbonyl (C=O) groups excluding carboxylic acids is 2. The molecule has 2 rings (SSSR count). The minimum absolute atomic E-state index is 0.0364. The van der Waals surface area contributed by atoms with Crippen molar-refractivity contribution in [1.29, 1.82) is 0 Å². The molecular weight excluding hydrogens is 374 g/mol. The van der Waals surface area contributed by atoms with E-state index in [1.54, 1.807) is 54.6 Å². The van der Waals surface area contributed by atoms with Gasteiger partial charge in [-0.15, -0.1) is 0 Å². The first-order chi connectivity index (χ1) is 12.5. The molecule has 0 bridgehead atoms. The molecule has 4 N–H and O–H groups in total. The molecule has 0 fully saturated rings. The molecule has 7 nitrogen and oxygen atoms in total. The Morgan fingerprint density at radius 3 is 2.19 bits per heavy atom. The highest BCUT2D eigenvalue weighted by molar-refractivity contribution is 8.82. The molecule has 1 atom stereocenters. The van der Waals surface area contributed by atoms with E-state index in [9.17, 15) is 14.4 Å². The smallest absolute Gasteiger partial charge is 0.333 e. The molecule has 0 saturated heterocycles. The van der Waals surface area contributed by atoms with Crippen molar-refractivity contribution in [2.45, 2.75) is 6.04 Å². The van der Waals surface area contributed by atoms with E-state index in [2.05, 4.69) is 5.32 Å². The van der Waals surface area contributed by atoms with Crippen LogP contribution < -0.4 is 16.0 Å². The zero-order valence-electron chi connectivity index (χ0n) is 13.6. The summed E-state index contributed by atoms with van der Waals surface area (Å²) >= 11 is 0. The van der Waals surface area contributed by atoms with Crippen molar-refractivity contribution < 1.29 is 19.5 Å². The number of hydrogen-bond acceptors (Lipinski definition) is 6. The predicted molar refractivity (Wildman–Crippen MR) is 105 cm³/mol. The van der Waals surface area contributed by atoms with E-state index in [0.29, 0.717) is 11.4 Å². The van der Waals surface area contributed by atoms with Crippen LogP contribution in [0.3, 0.4) is 0 Å². The first-order valence-electron chi connectivity index (χ1n) is 7.52. The van der Waals surface area contributed by atoms with Crippen molar-refractivity contribution in [3.05, 3.63) is 60.7 Å². The number of amides is 3. The van der Waals surface area contributed by atoms with Gasteiger partial charge in [-0.3, -0.25) is 9.59 Å². The van der Waals surface area contributed by atoms with Crippen LogP contribution in [0.1, 0.15) is 0 Å². The van der Waals surface area contributed by atoms with Gasteiger partial charge in [0.05, 0.1) is 5.69 Å². The highest BCUT2D eigenvalue weighted by atomic mass is 33.1. The maximum atomic E-state index is 12.6. The van der Waals surface area contributed by atoms with Gasteiger partial charge in [-0.1, -0.05) is 47.2 Å². The van der Waals surface area contributed by atoms with Gasteiger partial charge in [0.25, 0.3) is 0 Å². The molecule has 0 aliphatic heterocycles. The summed E-state index contributed by atoms with van der Waals surface area (Å²) in [5, 5.41) is 10.9. The van der Waals surface area contributed by atoms with Crippen molar-refractivity contribution in [3.8, 4) is 0 Å². The Morgan fingerprint density at radius 1 is 1.04 bits per heavy atom. The van der Waals surface area contributed by atoms with Gasteiger partial charge in [0.1, 0.15) is 6.04 Å². The van der Waals surface area contributed by atoms with Gasteiger partial charge in [-0.25, -0.2) is 9.69 Å². The van der Waals surface area contributed by atoms with Gasteiger partial charge in [-0.05, 0) is 24.3 Å². The van der Waals surface area contributed by atoms with E-state index >= 15 is 0 Å². The van der Waals surface area contributed by atoms with Crippen LogP contribution in [0.4, 0.5) is 21.0 Å². The second-order valence-electron chi connectivity index (χ2n) is 5.05. The van der Waals surface area contributed by atoms with Crippen LogP contribution in [-0.2, 0) is 4.79 Å². The van der Waals surface area contributed by atoms with E-state index in [1.807, 2.05) is 6.07 Å². The lowest BCUT2D eigenvalue weighted by atomic mass is 10.3. The molecule has 0 aliphatic rings. The highest BCUT2D eigenvalue weighted by Crippen LogP contribution is 2.29. The zero-order chi connectivity index (χ0) is 18.9. The Balaban J connectivity index is 2.10. The molecule has 136 valence electrons. The van der Waals surface area contributed by atoms with Crippen LogP contribution in [-0.4, -0.2) is 34.1 Å². The number of nitrogens with one attached hydrogen (secondary N) is 1. The summed E-state index contributed by atoms with van der Waals surface area (Å²) in [6.07, 6.45) is 0. The van der Waals surface area contributed by atoms with Crippen LogP contribution in [0.15, 0.2) is 60.7 Å². The maximum Gasteiger partial charge on any atom is 0.333 e. The quantitative estimate of drug-likeness (QED) is 0.644. The molecular formula is C17H17N3O4S2. The van der Waals surface area contributed by atoms with Crippen molar-refractivity contribution in [2.24, 2.45) is 5.73 Å². The van der Waals surface area contributed by atoms with Crippen molar-refractivity contribution in [3.63, 3.8) is 0 Å². The topological polar surface area (TPSA) is 113 Å². The third-order valence-corrected chi connectivity index (χ3v) is 5.25. The molecule has 3 amide bonds. The van der Waals surface area contributed by atoms with Crippen LogP contribution in [0.2, 0.25) is 0 Å². The first kappa shape index (κ1) is 19.8. The summed E-state index contributed by atoms with van der Waals surface area (Å²) in [5.41, 5.74) is 6.37. The third kappa shape index (κ3) is 5.80. The number of para-hydroxylation sites is 2. The second kappa shape index (κ2) is 9.85. The fourth-order valence-electron chi connectivity index (χ4n) is 1.85. The van der Waals surface area contributed by atoms with E-state index in [1.165, 1.54) is 0 Å². The zero-order valence-corrected chi connectivity index (χ0v) is 15.2. The van der Waals surface area contributed by atoms with Crippen LogP contribution in [0, 0.1) is 0 Å². The fraction of sp³-hybridized carbons (Fsp3) is 0.118. The van der Waals surface area contributed by atoms with Crippen molar-refractivity contribution in [1.82, 2.24) is 0 Å². The minimum Gasteiger partial charge on any atom is -0.480 e. The summed E-state index contributed by atoms with van der Waals surface area (Å²) in [4.78, 5) is 36.9. The SMILES string of the molecule is NC(CSSC(=O)N(C(=O)Nc1ccccc1)c1ccccc1)C(=O)O. The number of hydrogen-bond donors (Lipinski definition) is 3. The van der Waals surface area contributed by atoms with E-state index in [-0.39, 0.29) is 5.75 Å². The number of nitrogens with two attached hydrogens (primary N) is 1. The molecule has 1 unspecified atom stereocenters. The summed E-state index contributed by atoms with van der Waals surface area (Å²) in [7, 11) is 1.75. The van der Waals surface area contributed by atoms with Gasteiger partial charge in [0, 0.05) is 22.2 Å². The van der Waals surface area contributed by atoms with E-state index in [0.717, 1.165) is 26.5 Å². The van der Waals surface area contributed by atoms with Crippen molar-refractivity contribution in [2.75, 3.05) is 16.0 Å². The molecule has 0 heterocycles. The number of rotatable bonds is 6. The van der Waals surface area contributed by atoms with E-state index in [4.69, 9.17) is 10.8 Å². The summed E-state index contributed by atoms with van der Waals surface area (Å²) in [6.45, 7) is 0. The van der Waals surface area contributed by atoms with Gasteiger partial charge < -0.3 is 16.2 Å². The molecule has 0 aliphatic carbocycles. The predicted octanol–water partition coefficient (Wildman–Crippen LogP) is 3.64. The average Bonchev–Trinajstić information content (AvgIpc) is 2.63. The number of carboxylic acid groups (broad SMARTS) is 1. The average molecular weight is 391 g/mol. The lowest BCUT2D eigenvalue weighted by Crippen LogP contribution is -2.38. The molecule has 0 radical (unpaired) electrons. The molecule has 26 heavy (non-hydrogen) atoms. The molecule has 9 heteroatoms. The Bertz CT molecular complexity index is 759. The maximum absolute atomic E-state index is 12.6. The molecule has 0 aromatic heterocycles. The molecule has 2 aromatic carbocycles. The van der Waals surface area contributed by atoms with Crippen LogP contribution in [0.5, 0.6) is 0 Å². The number of benzene rings is 2. The number of aliphatic carboxylic acids is 1. The van der Waals surface area contributed by atoms with Crippen LogP contribution in [0.25, 0.3) is 0 Å². The molecule has 0 spiro atoms. The third-order valence-electron chi connectivity index (χ3n) is 3.12. The van der Waals surface area contributed by atoms with E-state index < -0.39 is 23.3 Å². The largest absolute Gasteiger partial charge is 0.480 e. The summed E-state index contributed by atoms with van der Waals surface area (Å²) in [6, 6.07) is 15.5. The van der Waals surface area contributed by atoms with Crippen molar-refractivity contribution >= 4 is 50.2 Å². The minimum atomic E-state index is -1.15. The lowest BCUT2D eigenvalue weighted by Gasteiger charge is -2.20.